The predicted molar refractivity (Wildman–Crippen MR) is 110 cm³/mol. The van der Waals surface area contributed by atoms with Crippen LogP contribution in [0.1, 0.15) is 23.7 Å². The van der Waals surface area contributed by atoms with Crippen LogP contribution >= 0.6 is 22.9 Å². The maximum atomic E-state index is 12.8. The number of carbonyl (C=O) groups excluding carboxylic acids is 1. The maximum Gasteiger partial charge on any atom is 0.337 e. The first kappa shape index (κ1) is 20.4. The fraction of sp³-hybridized carbons (Fsp3) is 0.222. The summed E-state index contributed by atoms with van der Waals surface area (Å²) in [6.07, 6.45) is 0.794. The van der Waals surface area contributed by atoms with Crippen LogP contribution in [0.2, 0.25) is 5.02 Å². The Kier molecular flexibility index (Phi) is 5.78. The molecule has 0 spiro atoms. The number of methoxy groups -OCH3 is 1. The van der Waals surface area contributed by atoms with Crippen LogP contribution in [-0.4, -0.2) is 26.1 Å². The van der Waals surface area contributed by atoms with Crippen LogP contribution in [0.15, 0.2) is 46.1 Å². The molecule has 0 atom stereocenters. The predicted octanol–water partition coefficient (Wildman–Crippen LogP) is 3.71. The van der Waals surface area contributed by atoms with E-state index in [2.05, 4.69) is 9.46 Å². The molecule has 0 aliphatic rings. The fourth-order valence-electron chi connectivity index (χ4n) is 2.70. The van der Waals surface area contributed by atoms with Crippen LogP contribution in [0.4, 0.5) is 5.69 Å². The summed E-state index contributed by atoms with van der Waals surface area (Å²) in [5.74, 6) is -0.611. The summed E-state index contributed by atoms with van der Waals surface area (Å²) < 4.78 is 34.8. The number of rotatable bonds is 6. The molecule has 0 radical (unpaired) electrons. The molecule has 148 valence electrons. The molecule has 28 heavy (non-hydrogen) atoms. The van der Waals surface area contributed by atoms with Gasteiger partial charge in [0.1, 0.15) is 0 Å². The van der Waals surface area contributed by atoms with Gasteiger partial charge in [-0.1, -0.05) is 29.9 Å². The number of fused-ring (bicyclic) bond motifs is 1. The van der Waals surface area contributed by atoms with E-state index in [1.807, 2.05) is 6.92 Å². The number of benzene rings is 2. The van der Waals surface area contributed by atoms with Gasteiger partial charge in [-0.15, -0.1) is 0 Å². The van der Waals surface area contributed by atoms with Gasteiger partial charge in [0.05, 0.1) is 38.5 Å². The molecule has 0 saturated carbocycles. The third kappa shape index (κ3) is 3.91. The number of thiazole rings is 1. The zero-order chi connectivity index (χ0) is 20.5. The van der Waals surface area contributed by atoms with Gasteiger partial charge in [0.25, 0.3) is 10.0 Å². The van der Waals surface area contributed by atoms with Crippen molar-refractivity contribution < 1.29 is 17.9 Å². The Labute approximate surface area is 170 Å². The normalized spacial score (nSPS) is 11.5. The van der Waals surface area contributed by atoms with Gasteiger partial charge in [-0.2, -0.15) is 0 Å². The van der Waals surface area contributed by atoms with Crippen LogP contribution < -0.4 is 9.60 Å². The lowest BCUT2D eigenvalue weighted by atomic mass is 10.2. The van der Waals surface area contributed by atoms with E-state index in [0.29, 0.717) is 16.8 Å². The zero-order valence-corrected chi connectivity index (χ0v) is 17.5. The summed E-state index contributed by atoms with van der Waals surface area (Å²) in [5, 5.41) is 0.135. The lowest BCUT2D eigenvalue weighted by molar-refractivity contribution is 0.0601. The average molecular weight is 441 g/mol. The molecule has 1 aromatic heterocycles. The molecule has 1 heterocycles. The molecule has 10 heteroatoms. The number of aryl methyl sites for hydroxylation is 1. The maximum absolute atomic E-state index is 12.8. The van der Waals surface area contributed by atoms with E-state index >= 15 is 0 Å². The first-order valence-electron chi connectivity index (χ1n) is 8.31. The van der Waals surface area contributed by atoms with Crippen molar-refractivity contribution in [1.82, 2.24) is 4.57 Å². The molecule has 2 aromatic carbocycles. The van der Waals surface area contributed by atoms with Crippen LogP contribution in [-0.2, 0) is 21.3 Å². The molecule has 1 N–H and O–H groups in total. The van der Waals surface area contributed by atoms with Crippen molar-refractivity contribution >= 4 is 54.8 Å². The van der Waals surface area contributed by atoms with E-state index in [9.17, 15) is 18.0 Å². The average Bonchev–Trinajstić information content (AvgIpc) is 2.97. The Bertz CT molecular complexity index is 1210. The number of carbonyl (C=O) groups is 1. The fourth-order valence-corrected chi connectivity index (χ4v) is 5.05. The Balaban J connectivity index is 2.00. The van der Waals surface area contributed by atoms with Gasteiger partial charge in [0, 0.05) is 6.54 Å². The van der Waals surface area contributed by atoms with Crippen molar-refractivity contribution in [2.24, 2.45) is 0 Å². The molecule has 3 rings (SSSR count). The van der Waals surface area contributed by atoms with Gasteiger partial charge < -0.3 is 4.74 Å². The van der Waals surface area contributed by atoms with Gasteiger partial charge in [0.2, 0.25) is 0 Å². The Hall–Kier alpha value is -2.36. The van der Waals surface area contributed by atoms with Crippen molar-refractivity contribution in [1.29, 1.82) is 0 Å². The third-order valence-electron chi connectivity index (χ3n) is 4.03. The molecule has 0 unspecified atom stereocenters. The number of esters is 1. The van der Waals surface area contributed by atoms with Gasteiger partial charge >= 0.3 is 10.8 Å². The minimum absolute atomic E-state index is 0.00978. The van der Waals surface area contributed by atoms with E-state index in [1.54, 1.807) is 10.6 Å². The number of hydrogen-bond donors (Lipinski definition) is 1. The number of nitrogens with one attached hydrogen (secondary N) is 1. The quantitative estimate of drug-likeness (QED) is 0.589. The molecule has 0 fully saturated rings. The highest BCUT2D eigenvalue weighted by molar-refractivity contribution is 7.92. The van der Waals surface area contributed by atoms with Gasteiger partial charge in [-0.25, -0.2) is 13.2 Å². The molecule has 3 aromatic rings. The highest BCUT2D eigenvalue weighted by atomic mass is 35.5. The number of anilines is 1. The van der Waals surface area contributed by atoms with E-state index < -0.39 is 16.0 Å². The van der Waals surface area contributed by atoms with Crippen LogP contribution in [0.25, 0.3) is 10.2 Å². The lowest BCUT2D eigenvalue weighted by Crippen LogP contribution is -2.14. The number of ether oxygens (including phenoxy) is 1. The van der Waals surface area contributed by atoms with Crippen LogP contribution in [0, 0.1) is 0 Å². The molecular weight excluding hydrogens is 424 g/mol. The van der Waals surface area contributed by atoms with Crippen molar-refractivity contribution in [3.05, 3.63) is 56.7 Å². The monoisotopic (exact) mass is 440 g/mol. The smallest absolute Gasteiger partial charge is 0.337 e. The Morgan fingerprint density at radius 3 is 2.68 bits per heavy atom. The lowest BCUT2D eigenvalue weighted by Gasteiger charge is -2.11. The van der Waals surface area contributed by atoms with Crippen molar-refractivity contribution in [3.8, 4) is 0 Å². The summed E-state index contributed by atoms with van der Waals surface area (Å²) in [7, 11) is -2.76. The molecule has 0 amide bonds. The number of halogens is 1. The molecule has 0 saturated heterocycles. The van der Waals surface area contributed by atoms with Gasteiger partial charge in [-0.05, 0) is 42.8 Å². The van der Waals surface area contributed by atoms with E-state index in [4.69, 9.17) is 11.6 Å². The highest BCUT2D eigenvalue weighted by Gasteiger charge is 2.19. The Morgan fingerprint density at radius 1 is 1.25 bits per heavy atom. The first-order chi connectivity index (χ1) is 13.3. The molecule has 7 nitrogen and oxygen atoms in total. The van der Waals surface area contributed by atoms with Crippen molar-refractivity contribution in [3.63, 3.8) is 0 Å². The molecule has 0 bridgehead atoms. The minimum atomic E-state index is -3.98. The van der Waals surface area contributed by atoms with E-state index in [1.165, 1.54) is 37.4 Å². The Morgan fingerprint density at radius 2 is 2.00 bits per heavy atom. The second-order valence-corrected chi connectivity index (χ2v) is 9.02. The standard InChI is InChI=1S/C18H17ClN2O5S2/c1-3-8-21-15-7-5-12(10-16(15)27-18(21)23)28(24,25)20-14-9-11(17(22)26-2)4-6-13(14)19/h4-7,9-10,20H,3,8H2,1-2H3. The number of sulfonamides is 1. The molecule has 0 aliphatic heterocycles. The molecule has 0 aliphatic carbocycles. The number of nitrogens with zero attached hydrogens (tertiary/aromatic N) is 1. The van der Waals surface area contributed by atoms with E-state index in [0.717, 1.165) is 17.8 Å². The first-order valence-corrected chi connectivity index (χ1v) is 11.0. The van der Waals surface area contributed by atoms with Crippen LogP contribution in [0.5, 0.6) is 0 Å². The topological polar surface area (TPSA) is 94.5 Å². The highest BCUT2D eigenvalue weighted by Crippen LogP contribution is 2.28. The zero-order valence-electron chi connectivity index (χ0n) is 15.1. The second kappa shape index (κ2) is 7.94. The summed E-state index contributed by atoms with van der Waals surface area (Å²) in [6.45, 7) is 2.53. The summed E-state index contributed by atoms with van der Waals surface area (Å²) in [5.41, 5.74) is 0.915. The molecular formula is C18H17ClN2O5S2. The summed E-state index contributed by atoms with van der Waals surface area (Å²) in [4.78, 5) is 23.6. The number of hydrogen-bond acceptors (Lipinski definition) is 6. The van der Waals surface area contributed by atoms with Crippen molar-refractivity contribution in [2.45, 2.75) is 24.8 Å². The summed E-state index contributed by atoms with van der Waals surface area (Å²) >= 11 is 7.07. The van der Waals surface area contributed by atoms with Gasteiger partial charge in [-0.3, -0.25) is 14.1 Å². The summed E-state index contributed by atoms with van der Waals surface area (Å²) in [6, 6.07) is 8.65. The van der Waals surface area contributed by atoms with E-state index in [-0.39, 0.29) is 26.0 Å². The second-order valence-electron chi connectivity index (χ2n) is 5.94. The minimum Gasteiger partial charge on any atom is -0.465 e. The SMILES string of the molecule is CCCn1c(=O)sc2cc(S(=O)(=O)Nc3cc(C(=O)OC)ccc3Cl)ccc21. The van der Waals surface area contributed by atoms with Crippen LogP contribution in [0.3, 0.4) is 0 Å². The third-order valence-corrected chi connectivity index (χ3v) is 6.66. The van der Waals surface area contributed by atoms with Crippen molar-refractivity contribution in [2.75, 3.05) is 11.8 Å². The largest absolute Gasteiger partial charge is 0.465 e. The number of aromatic nitrogens is 1. The van der Waals surface area contributed by atoms with Gasteiger partial charge in [0.15, 0.2) is 0 Å².